The van der Waals surface area contributed by atoms with Gasteiger partial charge in [-0.05, 0) is 53.9 Å². The molecule has 0 bridgehead atoms. The zero-order valence-corrected chi connectivity index (χ0v) is 21.2. The maximum Gasteiger partial charge on any atom is 0.220 e. The predicted octanol–water partition coefficient (Wildman–Crippen LogP) is 4.00. The lowest BCUT2D eigenvalue weighted by Crippen LogP contribution is -2.40. The molecule has 4 rings (SSSR count). The van der Waals surface area contributed by atoms with Crippen molar-refractivity contribution in [1.29, 1.82) is 0 Å². The number of aromatic nitrogens is 1. The molecule has 38 heavy (non-hydrogen) atoms. The van der Waals surface area contributed by atoms with E-state index in [0.29, 0.717) is 17.7 Å². The molecule has 2 atom stereocenters. The minimum absolute atomic E-state index is 0.0672. The highest BCUT2D eigenvalue weighted by Gasteiger charge is 2.29. The predicted molar refractivity (Wildman–Crippen MR) is 145 cm³/mol. The maximum atomic E-state index is 13.3. The molecule has 0 aliphatic carbocycles. The summed E-state index contributed by atoms with van der Waals surface area (Å²) in [6.07, 6.45) is 3.28. The number of nitrogens with two attached hydrogens (primary N) is 1. The lowest BCUT2D eigenvalue weighted by atomic mass is 9.90. The largest absolute Gasteiger partial charge is 0.496 e. The van der Waals surface area contributed by atoms with Crippen LogP contribution < -0.4 is 20.5 Å². The van der Waals surface area contributed by atoms with Gasteiger partial charge in [-0.1, -0.05) is 36.4 Å². The number of benzene rings is 3. The summed E-state index contributed by atoms with van der Waals surface area (Å²) in [5, 5.41) is 3.81. The van der Waals surface area contributed by atoms with Crippen LogP contribution in [-0.4, -0.2) is 43.2 Å². The summed E-state index contributed by atoms with van der Waals surface area (Å²) >= 11 is 0. The molecule has 0 saturated carbocycles. The molecule has 0 fully saturated rings. The number of rotatable bonds is 13. The molecule has 0 aliphatic heterocycles. The number of amides is 1. The second-order valence-corrected chi connectivity index (χ2v) is 8.98. The van der Waals surface area contributed by atoms with E-state index in [0.717, 1.165) is 34.1 Å². The third-order valence-corrected chi connectivity index (χ3v) is 6.56. The number of para-hydroxylation sites is 2. The Balaban J connectivity index is 1.45. The highest BCUT2D eigenvalue weighted by molar-refractivity contribution is 5.88. The monoisotopic (exact) mass is 513 g/mol. The first-order valence-electron chi connectivity index (χ1n) is 12.4. The Kier molecular flexibility index (Phi) is 8.89. The fourth-order valence-electron chi connectivity index (χ4n) is 4.40. The normalized spacial score (nSPS) is 12.5. The number of aromatic amines is 1. The van der Waals surface area contributed by atoms with Gasteiger partial charge in [-0.2, -0.15) is 0 Å². The van der Waals surface area contributed by atoms with E-state index < -0.39 is 12.0 Å². The highest BCUT2D eigenvalue weighted by Crippen LogP contribution is 2.28. The van der Waals surface area contributed by atoms with Crippen LogP contribution in [0.2, 0.25) is 0 Å². The van der Waals surface area contributed by atoms with Crippen LogP contribution in [0.25, 0.3) is 10.9 Å². The van der Waals surface area contributed by atoms with E-state index in [-0.39, 0.29) is 31.3 Å². The number of nitrogens with one attached hydrogen (secondary N) is 2. The van der Waals surface area contributed by atoms with Crippen LogP contribution in [0.15, 0.2) is 79.0 Å². The van der Waals surface area contributed by atoms with Crippen LogP contribution in [0.5, 0.6) is 11.5 Å². The number of carbonyl (C=O) groups is 3. The smallest absolute Gasteiger partial charge is 0.220 e. The van der Waals surface area contributed by atoms with Gasteiger partial charge in [0.2, 0.25) is 5.91 Å². The van der Waals surface area contributed by atoms with Crippen LogP contribution in [0.4, 0.5) is 0 Å². The summed E-state index contributed by atoms with van der Waals surface area (Å²) in [6, 6.07) is 21.1. The molecule has 8 nitrogen and oxygen atoms in total. The molecule has 1 amide bonds. The fourth-order valence-corrected chi connectivity index (χ4v) is 4.40. The van der Waals surface area contributed by atoms with E-state index >= 15 is 0 Å². The van der Waals surface area contributed by atoms with Crippen molar-refractivity contribution in [3.63, 3.8) is 0 Å². The Bertz CT molecular complexity index is 1400. The lowest BCUT2D eigenvalue weighted by Gasteiger charge is -2.23. The van der Waals surface area contributed by atoms with Crippen LogP contribution >= 0.6 is 0 Å². The average Bonchev–Trinajstić information content (AvgIpc) is 3.39. The molecule has 0 radical (unpaired) electrons. The number of ether oxygens (including phenoxy) is 2. The average molecular weight is 514 g/mol. The topological polar surface area (TPSA) is 124 Å². The Morgan fingerprint density at radius 1 is 1.03 bits per heavy atom. The molecule has 8 heteroatoms. The van der Waals surface area contributed by atoms with E-state index in [9.17, 15) is 14.4 Å². The zero-order valence-electron chi connectivity index (χ0n) is 21.2. The van der Waals surface area contributed by atoms with Crippen molar-refractivity contribution in [3.8, 4) is 11.5 Å². The van der Waals surface area contributed by atoms with Crippen molar-refractivity contribution < 1.29 is 23.9 Å². The van der Waals surface area contributed by atoms with Crippen molar-refractivity contribution in [2.45, 2.75) is 18.9 Å². The molecule has 196 valence electrons. The Morgan fingerprint density at radius 3 is 2.53 bits per heavy atom. The summed E-state index contributed by atoms with van der Waals surface area (Å²) in [4.78, 5) is 40.2. The number of methoxy groups -OCH3 is 1. The molecule has 1 heterocycles. The quantitative estimate of drug-likeness (QED) is 0.232. The lowest BCUT2D eigenvalue weighted by molar-refractivity contribution is -0.126. The fraction of sp³-hybridized carbons (Fsp3) is 0.233. The standard InChI is InChI=1S/C30H31N3O5/c1-37-28-9-5-2-6-21(28)12-15-29(36)33-17-25(27(35)19-38-22-13-10-20(18-34)11-14-22)30(31)24-16-32-26-8-4-3-7-23(24)26/h2-11,13-14,16,18,25,30,32H,12,15,17,19,31H2,1H3,(H,33,36). The molecule has 0 spiro atoms. The third-order valence-electron chi connectivity index (χ3n) is 6.56. The van der Waals surface area contributed by atoms with Crippen molar-refractivity contribution in [2.75, 3.05) is 20.3 Å². The first-order valence-corrected chi connectivity index (χ1v) is 12.4. The SMILES string of the molecule is COc1ccccc1CCC(=O)NCC(C(=O)COc1ccc(C=O)cc1)C(N)c1c[nH]c2ccccc12. The number of carbonyl (C=O) groups excluding carboxylic acids is 3. The van der Waals surface area contributed by atoms with Gasteiger partial charge in [0, 0.05) is 41.7 Å². The Morgan fingerprint density at radius 2 is 1.76 bits per heavy atom. The van der Waals surface area contributed by atoms with Crippen LogP contribution in [0.1, 0.15) is 33.9 Å². The van der Waals surface area contributed by atoms with Crippen molar-refractivity contribution in [2.24, 2.45) is 11.7 Å². The third kappa shape index (κ3) is 6.46. The highest BCUT2D eigenvalue weighted by atomic mass is 16.5. The summed E-state index contributed by atoms with van der Waals surface area (Å²) in [6.45, 7) is -0.157. The van der Waals surface area contributed by atoms with Gasteiger partial charge in [0.15, 0.2) is 5.78 Å². The summed E-state index contributed by atoms with van der Waals surface area (Å²) in [7, 11) is 1.60. The van der Waals surface area contributed by atoms with Gasteiger partial charge in [-0.15, -0.1) is 0 Å². The second kappa shape index (κ2) is 12.7. The molecule has 0 saturated heterocycles. The number of hydrogen-bond acceptors (Lipinski definition) is 6. The minimum Gasteiger partial charge on any atom is -0.496 e. The van der Waals surface area contributed by atoms with Crippen molar-refractivity contribution in [3.05, 3.63) is 95.7 Å². The number of fused-ring (bicyclic) bond motifs is 1. The molecule has 0 aliphatic rings. The van der Waals surface area contributed by atoms with Gasteiger partial charge >= 0.3 is 0 Å². The van der Waals surface area contributed by atoms with Crippen LogP contribution in [-0.2, 0) is 16.0 Å². The van der Waals surface area contributed by atoms with Crippen LogP contribution in [0.3, 0.4) is 0 Å². The summed E-state index contributed by atoms with van der Waals surface area (Å²) in [5.41, 5.74) is 9.79. The molecule has 4 aromatic rings. The first kappa shape index (κ1) is 26.6. The second-order valence-electron chi connectivity index (χ2n) is 8.98. The van der Waals surface area contributed by atoms with E-state index in [1.165, 1.54) is 0 Å². The maximum absolute atomic E-state index is 13.3. The minimum atomic E-state index is -0.723. The van der Waals surface area contributed by atoms with Crippen molar-refractivity contribution in [1.82, 2.24) is 10.3 Å². The molecule has 3 aromatic carbocycles. The van der Waals surface area contributed by atoms with Gasteiger partial charge in [-0.3, -0.25) is 14.4 Å². The molecule has 4 N–H and O–H groups in total. The van der Waals surface area contributed by atoms with Gasteiger partial charge in [-0.25, -0.2) is 0 Å². The van der Waals surface area contributed by atoms with Gasteiger partial charge < -0.3 is 25.5 Å². The van der Waals surface area contributed by atoms with Gasteiger partial charge in [0.25, 0.3) is 0 Å². The van der Waals surface area contributed by atoms with Gasteiger partial charge in [0.05, 0.1) is 13.0 Å². The zero-order chi connectivity index (χ0) is 26.9. The number of ketones is 1. The Labute approximate surface area is 221 Å². The molecular weight excluding hydrogens is 482 g/mol. The number of H-pyrrole nitrogens is 1. The Hall–Kier alpha value is -4.43. The first-order chi connectivity index (χ1) is 18.5. The number of aryl methyl sites for hydroxylation is 1. The van der Waals surface area contributed by atoms with E-state index in [1.54, 1.807) is 37.6 Å². The molecular formula is C30H31N3O5. The number of aldehydes is 1. The molecule has 1 aromatic heterocycles. The van der Waals surface area contributed by atoms with E-state index in [2.05, 4.69) is 10.3 Å². The molecule has 2 unspecified atom stereocenters. The van der Waals surface area contributed by atoms with E-state index in [1.807, 2.05) is 48.5 Å². The van der Waals surface area contributed by atoms with Gasteiger partial charge in [0.1, 0.15) is 24.4 Å². The van der Waals surface area contributed by atoms with Crippen LogP contribution in [0, 0.1) is 5.92 Å². The summed E-state index contributed by atoms with van der Waals surface area (Å²) in [5.74, 6) is 0.0355. The number of hydrogen-bond donors (Lipinski definition) is 3. The van der Waals surface area contributed by atoms with E-state index in [4.69, 9.17) is 15.2 Å². The summed E-state index contributed by atoms with van der Waals surface area (Å²) < 4.78 is 11.1. The number of Topliss-reactive ketones (excluding diaryl/α,β-unsaturated/α-hetero) is 1. The van der Waals surface area contributed by atoms with Crippen molar-refractivity contribution >= 4 is 28.9 Å².